The van der Waals surface area contributed by atoms with Gasteiger partial charge in [-0.1, -0.05) is 59.3 Å². The molecule has 1 fully saturated rings. The fourth-order valence-corrected chi connectivity index (χ4v) is 3.88. The Morgan fingerprint density at radius 1 is 0.970 bits per heavy atom. The van der Waals surface area contributed by atoms with Crippen molar-refractivity contribution >= 4 is 5.82 Å². The summed E-state index contributed by atoms with van der Waals surface area (Å²) < 4.78 is 39.8. The maximum absolute atomic E-state index is 14.2. The van der Waals surface area contributed by atoms with Gasteiger partial charge in [0.1, 0.15) is 18.3 Å². The van der Waals surface area contributed by atoms with E-state index in [1.165, 1.54) is 0 Å². The van der Waals surface area contributed by atoms with E-state index in [1.54, 1.807) is 0 Å². The highest BCUT2D eigenvalue weighted by molar-refractivity contribution is 5.26. The first kappa shape index (κ1) is 27.7. The molecule has 9 heteroatoms. The van der Waals surface area contributed by atoms with Crippen molar-refractivity contribution < 1.29 is 23.3 Å². The molecule has 1 aromatic rings. The molecule has 2 heterocycles. The smallest absolute Gasteiger partial charge is 0.351 e. The number of ether oxygens (including phenoxy) is 4. The van der Waals surface area contributed by atoms with E-state index >= 15 is 0 Å². The summed E-state index contributed by atoms with van der Waals surface area (Å²) in [6.45, 7) is 8.39. The van der Waals surface area contributed by atoms with Gasteiger partial charge in [-0.25, -0.2) is 9.18 Å². The zero-order valence-electron chi connectivity index (χ0n) is 20.5. The summed E-state index contributed by atoms with van der Waals surface area (Å²) in [5.74, 6) is -1.21. The van der Waals surface area contributed by atoms with E-state index in [-0.39, 0.29) is 0 Å². The van der Waals surface area contributed by atoms with Crippen LogP contribution in [-0.2, 0) is 18.9 Å². The second-order valence-electron chi connectivity index (χ2n) is 8.60. The summed E-state index contributed by atoms with van der Waals surface area (Å²) >= 11 is 0. The minimum Gasteiger partial charge on any atom is -0.381 e. The molecule has 190 valence electrons. The third-order valence-electron chi connectivity index (χ3n) is 5.78. The van der Waals surface area contributed by atoms with Crippen LogP contribution >= 0.6 is 0 Å². The molecule has 0 bridgehead atoms. The Hall–Kier alpha value is -1.55. The highest BCUT2D eigenvalue weighted by Gasteiger charge is 2.47. The van der Waals surface area contributed by atoms with E-state index in [0.29, 0.717) is 26.4 Å². The molecule has 2 N–H and O–H groups in total. The molecule has 0 aromatic carbocycles. The number of nitrogens with two attached hydrogens (primary N) is 1. The summed E-state index contributed by atoms with van der Waals surface area (Å²) in [6, 6.07) is 0. The van der Waals surface area contributed by atoms with Gasteiger partial charge < -0.3 is 24.7 Å². The van der Waals surface area contributed by atoms with E-state index in [0.717, 1.165) is 68.6 Å². The van der Waals surface area contributed by atoms with Crippen LogP contribution in [0.4, 0.5) is 10.2 Å². The first-order valence-electron chi connectivity index (χ1n) is 12.5. The molecule has 2 rings (SSSR count). The predicted octanol–water partition coefficient (Wildman–Crippen LogP) is 4.22. The maximum atomic E-state index is 14.2. The first-order valence-corrected chi connectivity index (χ1v) is 12.5. The molecule has 1 aliphatic rings. The highest BCUT2D eigenvalue weighted by Crippen LogP contribution is 2.34. The topological polar surface area (TPSA) is 97.8 Å². The minimum atomic E-state index is -0.873. The van der Waals surface area contributed by atoms with Crippen molar-refractivity contribution in [3.8, 4) is 0 Å². The molecule has 0 radical (unpaired) electrons. The van der Waals surface area contributed by atoms with Gasteiger partial charge >= 0.3 is 5.69 Å². The van der Waals surface area contributed by atoms with E-state index in [2.05, 4.69) is 25.8 Å². The maximum Gasteiger partial charge on any atom is 0.351 e. The number of aromatic nitrogens is 2. The lowest BCUT2D eigenvalue weighted by Crippen LogP contribution is -2.40. The van der Waals surface area contributed by atoms with Gasteiger partial charge in [0.05, 0.1) is 12.8 Å². The molecule has 0 saturated carbocycles. The number of hydrogen-bond donors (Lipinski definition) is 1. The second-order valence-corrected chi connectivity index (χ2v) is 8.60. The van der Waals surface area contributed by atoms with Crippen molar-refractivity contribution in [1.29, 1.82) is 0 Å². The molecular formula is C24H42FN3O5. The summed E-state index contributed by atoms with van der Waals surface area (Å²) in [6.07, 6.45) is 7.91. The van der Waals surface area contributed by atoms with Gasteiger partial charge in [0.2, 0.25) is 0 Å². The number of hydrogen-bond acceptors (Lipinski definition) is 7. The number of unbranched alkanes of at least 4 members (excludes halogenated alkanes) is 6. The van der Waals surface area contributed by atoms with E-state index < -0.39 is 41.9 Å². The largest absolute Gasteiger partial charge is 0.381 e. The van der Waals surface area contributed by atoms with Crippen LogP contribution in [0.3, 0.4) is 0 Å². The van der Waals surface area contributed by atoms with E-state index in [1.807, 2.05) is 0 Å². The lowest BCUT2D eigenvalue weighted by molar-refractivity contribution is -0.0822. The summed E-state index contributed by atoms with van der Waals surface area (Å²) in [7, 11) is 0. The van der Waals surface area contributed by atoms with Crippen molar-refractivity contribution in [1.82, 2.24) is 9.55 Å². The number of rotatable bonds is 17. The predicted molar refractivity (Wildman–Crippen MR) is 126 cm³/mol. The quantitative estimate of drug-likeness (QED) is 0.340. The summed E-state index contributed by atoms with van der Waals surface area (Å²) in [5.41, 5.74) is 4.79. The minimum absolute atomic E-state index is 0.313. The van der Waals surface area contributed by atoms with Crippen LogP contribution in [0.5, 0.6) is 0 Å². The van der Waals surface area contributed by atoms with Gasteiger partial charge in [-0.05, 0) is 19.3 Å². The van der Waals surface area contributed by atoms with Crippen LogP contribution in [0.2, 0.25) is 0 Å². The zero-order chi connectivity index (χ0) is 24.1. The molecule has 0 amide bonds. The Balaban J connectivity index is 2.22. The molecule has 1 saturated heterocycles. The van der Waals surface area contributed by atoms with Crippen molar-refractivity contribution in [2.75, 3.05) is 32.2 Å². The van der Waals surface area contributed by atoms with Crippen molar-refractivity contribution in [2.24, 2.45) is 0 Å². The number of halogens is 1. The zero-order valence-corrected chi connectivity index (χ0v) is 20.5. The first-order chi connectivity index (χ1) is 16.0. The van der Waals surface area contributed by atoms with Gasteiger partial charge in [-0.15, -0.1) is 0 Å². The van der Waals surface area contributed by atoms with E-state index in [9.17, 15) is 9.18 Å². The fraction of sp³-hybridized carbons (Fsp3) is 0.833. The number of nitrogen functional groups attached to an aromatic ring is 1. The number of anilines is 1. The van der Waals surface area contributed by atoms with Crippen LogP contribution in [0.15, 0.2) is 11.0 Å². The molecule has 1 aliphatic heterocycles. The molecule has 33 heavy (non-hydrogen) atoms. The molecular weight excluding hydrogens is 429 g/mol. The second kappa shape index (κ2) is 15.4. The standard InChI is InChI=1S/C24H42FN3O5/c1-4-7-10-13-30-17-19-20(31-14-11-8-5-2)21(32-15-12-9-6-3)23(33-19)28-16-18(25)22(26)27-24(28)29/h16,19-21,23H,4-15,17H2,1-3H3,(H2,26,27,29)/t19-,20-,21-,23-/m1/s1. The lowest BCUT2D eigenvalue weighted by atomic mass is 10.1. The Labute approximate surface area is 196 Å². The molecule has 0 spiro atoms. The van der Waals surface area contributed by atoms with E-state index in [4.69, 9.17) is 24.7 Å². The van der Waals surface area contributed by atoms with Gasteiger partial charge in [-0.3, -0.25) is 4.57 Å². The average molecular weight is 472 g/mol. The third-order valence-corrected chi connectivity index (χ3v) is 5.78. The molecule has 8 nitrogen and oxygen atoms in total. The van der Waals surface area contributed by atoms with Crippen LogP contribution in [0, 0.1) is 5.82 Å². The van der Waals surface area contributed by atoms with Gasteiger partial charge in [0, 0.05) is 19.8 Å². The number of nitrogens with zero attached hydrogens (tertiary/aromatic N) is 2. The summed E-state index contributed by atoms with van der Waals surface area (Å²) in [5, 5.41) is 0. The van der Waals surface area contributed by atoms with Crippen LogP contribution < -0.4 is 11.4 Å². The molecule has 1 aromatic heterocycles. The van der Waals surface area contributed by atoms with Crippen molar-refractivity contribution in [2.45, 2.75) is 103 Å². The fourth-order valence-electron chi connectivity index (χ4n) is 3.88. The van der Waals surface area contributed by atoms with Crippen LogP contribution in [0.1, 0.15) is 84.8 Å². The Morgan fingerprint density at radius 3 is 2.15 bits per heavy atom. The van der Waals surface area contributed by atoms with Crippen LogP contribution in [0.25, 0.3) is 0 Å². The van der Waals surface area contributed by atoms with Gasteiger partial charge in [0.15, 0.2) is 17.9 Å². The Kier molecular flexibility index (Phi) is 12.9. The average Bonchev–Trinajstić information content (AvgIpc) is 3.13. The molecule has 4 atom stereocenters. The van der Waals surface area contributed by atoms with Crippen molar-refractivity contribution in [3.63, 3.8) is 0 Å². The monoisotopic (exact) mass is 471 g/mol. The highest BCUT2D eigenvalue weighted by atomic mass is 19.1. The summed E-state index contributed by atoms with van der Waals surface area (Å²) in [4.78, 5) is 16.1. The van der Waals surface area contributed by atoms with Crippen molar-refractivity contribution in [3.05, 3.63) is 22.5 Å². The van der Waals surface area contributed by atoms with Gasteiger partial charge in [-0.2, -0.15) is 4.98 Å². The normalized spacial score (nSPS) is 22.8. The van der Waals surface area contributed by atoms with Crippen LogP contribution in [-0.4, -0.2) is 54.3 Å². The molecule has 0 aliphatic carbocycles. The third kappa shape index (κ3) is 8.63. The Bertz CT molecular complexity index is 733. The lowest BCUT2D eigenvalue weighted by Gasteiger charge is -2.25. The Morgan fingerprint density at radius 2 is 1.55 bits per heavy atom. The SMILES string of the molecule is CCCCCOC[C@H]1O[C@@H](n2cc(F)c(N)nc2=O)[C@H](OCCCCC)[C@@H]1OCCCCC. The molecule has 0 unspecified atom stereocenters. The van der Waals surface area contributed by atoms with Gasteiger partial charge in [0.25, 0.3) is 0 Å².